The summed E-state index contributed by atoms with van der Waals surface area (Å²) in [7, 11) is 1.67. The maximum atomic E-state index is 13.0. The number of hydrogen-bond acceptors (Lipinski definition) is 4. The van der Waals surface area contributed by atoms with Gasteiger partial charge in [-0.25, -0.2) is 0 Å². The number of amides is 2. The van der Waals surface area contributed by atoms with Crippen molar-refractivity contribution < 1.29 is 14.3 Å². The van der Waals surface area contributed by atoms with Crippen molar-refractivity contribution in [2.75, 3.05) is 49.6 Å². The third kappa shape index (κ3) is 3.90. The molecule has 1 atom stereocenters. The summed E-state index contributed by atoms with van der Waals surface area (Å²) in [5.41, 5.74) is 1.72. The summed E-state index contributed by atoms with van der Waals surface area (Å²) in [6.45, 7) is 3.12. The molecule has 0 radical (unpaired) electrons. The number of ether oxygens (including phenoxy) is 1. The number of nitrogens with zero attached hydrogens (tertiary/aromatic N) is 3. The summed E-state index contributed by atoms with van der Waals surface area (Å²) in [4.78, 5) is 31.3. The van der Waals surface area contributed by atoms with Crippen molar-refractivity contribution in [1.82, 2.24) is 4.90 Å². The van der Waals surface area contributed by atoms with Crippen LogP contribution in [0, 0.1) is 5.92 Å². The van der Waals surface area contributed by atoms with Crippen LogP contribution in [0.4, 0.5) is 11.4 Å². The molecule has 0 aliphatic carbocycles. The van der Waals surface area contributed by atoms with Gasteiger partial charge in [0.05, 0.1) is 29.4 Å². The van der Waals surface area contributed by atoms with Crippen molar-refractivity contribution in [2.24, 2.45) is 5.92 Å². The highest BCUT2D eigenvalue weighted by molar-refractivity contribution is 6.33. The SMILES string of the molecule is COc1ccccc1N1CCN(C(=O)C2CC(=O)N(c3ccccc3Cl)C2)CC1. The van der Waals surface area contributed by atoms with Crippen LogP contribution in [0.3, 0.4) is 0 Å². The summed E-state index contributed by atoms with van der Waals surface area (Å²) in [5.74, 6) is 0.511. The van der Waals surface area contributed by atoms with Crippen LogP contribution in [0.1, 0.15) is 6.42 Å². The van der Waals surface area contributed by atoms with Gasteiger partial charge in [0, 0.05) is 39.1 Å². The second-order valence-electron chi connectivity index (χ2n) is 7.34. The molecule has 6 nitrogen and oxygen atoms in total. The topological polar surface area (TPSA) is 53.1 Å². The summed E-state index contributed by atoms with van der Waals surface area (Å²) in [6.07, 6.45) is 0.233. The van der Waals surface area contributed by atoms with Gasteiger partial charge in [-0.05, 0) is 24.3 Å². The van der Waals surface area contributed by atoms with E-state index in [0.717, 1.165) is 24.5 Å². The van der Waals surface area contributed by atoms with Crippen LogP contribution in [0.15, 0.2) is 48.5 Å². The predicted molar refractivity (Wildman–Crippen MR) is 114 cm³/mol. The third-order valence-corrected chi connectivity index (χ3v) is 5.95. The van der Waals surface area contributed by atoms with E-state index in [4.69, 9.17) is 16.3 Å². The second-order valence-corrected chi connectivity index (χ2v) is 7.75. The molecule has 0 bridgehead atoms. The van der Waals surface area contributed by atoms with Gasteiger partial charge < -0.3 is 19.4 Å². The highest BCUT2D eigenvalue weighted by atomic mass is 35.5. The van der Waals surface area contributed by atoms with E-state index in [2.05, 4.69) is 4.90 Å². The molecule has 0 aromatic heterocycles. The Labute approximate surface area is 175 Å². The average molecular weight is 414 g/mol. The van der Waals surface area contributed by atoms with Gasteiger partial charge in [0.2, 0.25) is 11.8 Å². The van der Waals surface area contributed by atoms with Gasteiger partial charge in [0.15, 0.2) is 0 Å². The minimum absolute atomic E-state index is 0.0487. The quantitative estimate of drug-likeness (QED) is 0.773. The first-order valence-electron chi connectivity index (χ1n) is 9.80. The molecule has 2 heterocycles. The highest BCUT2D eigenvalue weighted by Crippen LogP contribution is 2.32. The number of methoxy groups -OCH3 is 1. The van der Waals surface area contributed by atoms with Crippen LogP contribution in [-0.4, -0.2) is 56.5 Å². The molecule has 0 saturated carbocycles. The van der Waals surface area contributed by atoms with Crippen molar-refractivity contribution in [2.45, 2.75) is 6.42 Å². The normalized spacial score (nSPS) is 19.6. The summed E-state index contributed by atoms with van der Waals surface area (Å²) < 4.78 is 5.45. The van der Waals surface area contributed by atoms with E-state index in [1.807, 2.05) is 47.4 Å². The number of benzene rings is 2. The number of carbonyl (C=O) groups is 2. The predicted octanol–water partition coefficient (Wildman–Crippen LogP) is 3.05. The lowest BCUT2D eigenvalue weighted by Gasteiger charge is -2.37. The van der Waals surface area contributed by atoms with Gasteiger partial charge in [-0.3, -0.25) is 9.59 Å². The van der Waals surface area contributed by atoms with Gasteiger partial charge in [0.25, 0.3) is 0 Å². The number of carbonyl (C=O) groups excluding carboxylic acids is 2. The van der Waals surface area contributed by atoms with E-state index in [-0.39, 0.29) is 24.2 Å². The van der Waals surface area contributed by atoms with Crippen LogP contribution >= 0.6 is 11.6 Å². The first-order chi connectivity index (χ1) is 14.1. The molecule has 0 N–H and O–H groups in total. The fourth-order valence-electron chi connectivity index (χ4n) is 4.09. The minimum Gasteiger partial charge on any atom is -0.495 e. The number of halogens is 1. The highest BCUT2D eigenvalue weighted by Gasteiger charge is 2.38. The van der Waals surface area contributed by atoms with Crippen LogP contribution < -0.4 is 14.5 Å². The molecule has 2 aromatic carbocycles. The molecule has 152 valence electrons. The van der Waals surface area contributed by atoms with E-state index >= 15 is 0 Å². The lowest BCUT2D eigenvalue weighted by Crippen LogP contribution is -2.50. The lowest BCUT2D eigenvalue weighted by atomic mass is 10.1. The van der Waals surface area contributed by atoms with E-state index in [0.29, 0.717) is 30.3 Å². The number of rotatable bonds is 4. The smallest absolute Gasteiger partial charge is 0.228 e. The standard InChI is InChI=1S/C22H24ClN3O3/c1-29-20-9-5-4-8-19(20)24-10-12-25(13-11-24)22(28)16-14-21(27)26(15-16)18-7-3-2-6-17(18)23/h2-9,16H,10-15H2,1H3. The monoisotopic (exact) mass is 413 g/mol. The van der Waals surface area contributed by atoms with E-state index in [1.165, 1.54) is 0 Å². The molecule has 2 aliphatic rings. The van der Waals surface area contributed by atoms with Crippen molar-refractivity contribution in [3.63, 3.8) is 0 Å². The van der Waals surface area contributed by atoms with Crippen molar-refractivity contribution in [1.29, 1.82) is 0 Å². The molecule has 2 amide bonds. The molecule has 29 heavy (non-hydrogen) atoms. The number of para-hydroxylation sites is 3. The molecular formula is C22H24ClN3O3. The second kappa shape index (κ2) is 8.33. The Hall–Kier alpha value is -2.73. The minimum atomic E-state index is -0.323. The van der Waals surface area contributed by atoms with Crippen molar-refractivity contribution >= 4 is 34.8 Å². The van der Waals surface area contributed by atoms with Crippen LogP contribution in [0.25, 0.3) is 0 Å². The number of anilines is 2. The Kier molecular flexibility index (Phi) is 5.62. The van der Waals surface area contributed by atoms with Crippen LogP contribution in [-0.2, 0) is 9.59 Å². The number of piperazine rings is 1. The Morgan fingerprint density at radius 3 is 2.34 bits per heavy atom. The van der Waals surface area contributed by atoms with Gasteiger partial charge in [0.1, 0.15) is 5.75 Å². The van der Waals surface area contributed by atoms with Crippen LogP contribution in [0.2, 0.25) is 5.02 Å². The molecule has 0 spiro atoms. The molecule has 7 heteroatoms. The molecule has 1 unspecified atom stereocenters. The average Bonchev–Trinajstić information content (AvgIpc) is 3.15. The largest absolute Gasteiger partial charge is 0.495 e. The first-order valence-corrected chi connectivity index (χ1v) is 10.2. The fraction of sp³-hybridized carbons (Fsp3) is 0.364. The zero-order chi connectivity index (χ0) is 20.4. The van der Waals surface area contributed by atoms with Gasteiger partial charge in [-0.15, -0.1) is 0 Å². The molecule has 2 aliphatic heterocycles. The van der Waals surface area contributed by atoms with E-state index < -0.39 is 0 Å². The first kappa shape index (κ1) is 19.6. The van der Waals surface area contributed by atoms with Gasteiger partial charge in [-0.1, -0.05) is 35.9 Å². The van der Waals surface area contributed by atoms with E-state index in [9.17, 15) is 9.59 Å². The summed E-state index contributed by atoms with van der Waals surface area (Å²) in [5, 5.41) is 0.527. The molecule has 2 fully saturated rings. The zero-order valence-corrected chi connectivity index (χ0v) is 17.1. The summed E-state index contributed by atoms with van der Waals surface area (Å²) in [6, 6.07) is 15.2. The Morgan fingerprint density at radius 1 is 1.00 bits per heavy atom. The molecule has 2 saturated heterocycles. The van der Waals surface area contributed by atoms with Crippen molar-refractivity contribution in [3.05, 3.63) is 53.6 Å². The van der Waals surface area contributed by atoms with Crippen molar-refractivity contribution in [3.8, 4) is 5.75 Å². The third-order valence-electron chi connectivity index (χ3n) is 5.63. The maximum Gasteiger partial charge on any atom is 0.228 e. The molecule has 2 aromatic rings. The van der Waals surface area contributed by atoms with Crippen LogP contribution in [0.5, 0.6) is 5.75 Å². The number of hydrogen-bond donors (Lipinski definition) is 0. The molecular weight excluding hydrogens is 390 g/mol. The maximum absolute atomic E-state index is 13.0. The molecule has 4 rings (SSSR count). The Bertz CT molecular complexity index is 912. The Balaban J connectivity index is 1.39. The lowest BCUT2D eigenvalue weighted by molar-refractivity contribution is -0.136. The Morgan fingerprint density at radius 2 is 1.66 bits per heavy atom. The van der Waals surface area contributed by atoms with E-state index in [1.54, 1.807) is 18.1 Å². The fourth-order valence-corrected chi connectivity index (χ4v) is 4.33. The van der Waals surface area contributed by atoms with Gasteiger partial charge >= 0.3 is 0 Å². The van der Waals surface area contributed by atoms with Gasteiger partial charge in [-0.2, -0.15) is 0 Å². The zero-order valence-electron chi connectivity index (χ0n) is 16.4. The summed E-state index contributed by atoms with van der Waals surface area (Å²) >= 11 is 6.24.